The van der Waals surface area contributed by atoms with Gasteiger partial charge in [0.25, 0.3) is 0 Å². The zero-order valence-electron chi connectivity index (χ0n) is 18.0. The smallest absolute Gasteiger partial charge is 0.346 e. The first-order valence-electron chi connectivity index (χ1n) is 9.77. The van der Waals surface area contributed by atoms with Crippen molar-refractivity contribution in [1.82, 2.24) is 29.5 Å². The molecule has 1 aliphatic heterocycles. The third-order valence-electron chi connectivity index (χ3n) is 5.00. The van der Waals surface area contributed by atoms with E-state index in [0.717, 1.165) is 18.9 Å². The van der Waals surface area contributed by atoms with Gasteiger partial charge in [0, 0.05) is 40.8 Å². The number of amides is 1. The lowest BCUT2D eigenvalue weighted by Crippen LogP contribution is -2.47. The molecule has 0 aliphatic carbocycles. The van der Waals surface area contributed by atoms with Crippen LogP contribution in [0, 0.1) is 6.92 Å². The van der Waals surface area contributed by atoms with Gasteiger partial charge >= 0.3 is 5.69 Å². The number of nitrogens with one attached hydrogen (secondary N) is 1. The van der Waals surface area contributed by atoms with E-state index in [0.29, 0.717) is 25.5 Å². The predicted molar refractivity (Wildman–Crippen MR) is 122 cm³/mol. The molecule has 9 nitrogen and oxygen atoms in total. The first-order valence-corrected chi connectivity index (χ1v) is 9.77. The molecule has 2 heterocycles. The number of hydrogen-bond donors (Lipinski definition) is 1. The molecule has 1 N–H and O–H groups in total. The van der Waals surface area contributed by atoms with Crippen LogP contribution in [0.2, 0.25) is 0 Å². The fourth-order valence-corrected chi connectivity index (χ4v) is 3.37. The van der Waals surface area contributed by atoms with Crippen molar-refractivity contribution in [3.63, 3.8) is 0 Å². The van der Waals surface area contributed by atoms with E-state index >= 15 is 0 Å². The second-order valence-corrected chi connectivity index (χ2v) is 7.43. The van der Waals surface area contributed by atoms with Crippen molar-refractivity contribution >= 4 is 28.8 Å². The SMILES string of the molecule is Br.CN=C(NCCc1cccc(C)c1)N1CCn2c(nn(CC(=O)N(C)C)c2=O)C1. The molecule has 2 aromatic rings. The molecular weight excluding hydrogens is 450 g/mol. The minimum atomic E-state index is -0.239. The average molecular weight is 480 g/mol. The Labute approximate surface area is 187 Å². The number of halogens is 1. The van der Waals surface area contributed by atoms with Gasteiger partial charge in [0.15, 0.2) is 11.8 Å². The summed E-state index contributed by atoms with van der Waals surface area (Å²) in [6.07, 6.45) is 0.903. The van der Waals surface area contributed by atoms with E-state index in [1.54, 1.807) is 25.7 Å². The van der Waals surface area contributed by atoms with E-state index in [1.807, 2.05) is 0 Å². The lowest BCUT2D eigenvalue weighted by atomic mass is 10.1. The van der Waals surface area contributed by atoms with Crippen LogP contribution in [0.5, 0.6) is 0 Å². The number of nitrogens with zero attached hydrogens (tertiary/aromatic N) is 6. The third-order valence-corrected chi connectivity index (χ3v) is 5.00. The molecule has 0 spiro atoms. The Morgan fingerprint density at radius 1 is 1.30 bits per heavy atom. The molecule has 1 aliphatic rings. The van der Waals surface area contributed by atoms with Gasteiger partial charge in [-0.25, -0.2) is 9.48 Å². The Bertz CT molecular complexity index is 964. The van der Waals surface area contributed by atoms with E-state index in [9.17, 15) is 9.59 Å². The van der Waals surface area contributed by atoms with E-state index in [1.165, 1.54) is 20.7 Å². The number of fused-ring (bicyclic) bond motifs is 1. The van der Waals surface area contributed by atoms with Gasteiger partial charge in [-0.1, -0.05) is 29.8 Å². The van der Waals surface area contributed by atoms with Crippen LogP contribution in [0.15, 0.2) is 34.1 Å². The van der Waals surface area contributed by atoms with E-state index in [2.05, 4.69) is 51.5 Å². The van der Waals surface area contributed by atoms with Crippen molar-refractivity contribution < 1.29 is 4.79 Å². The van der Waals surface area contributed by atoms with Gasteiger partial charge < -0.3 is 15.1 Å². The first kappa shape index (κ1) is 23.7. The lowest BCUT2D eigenvalue weighted by molar-refractivity contribution is -0.129. The highest BCUT2D eigenvalue weighted by Crippen LogP contribution is 2.09. The Morgan fingerprint density at radius 2 is 2.07 bits per heavy atom. The molecule has 0 unspecified atom stereocenters. The molecule has 3 rings (SSSR count). The second-order valence-electron chi connectivity index (χ2n) is 7.43. The van der Waals surface area contributed by atoms with Crippen molar-refractivity contribution in [3.05, 3.63) is 51.7 Å². The molecule has 10 heteroatoms. The molecule has 1 aromatic heterocycles. The number of aliphatic imine (C=N–C) groups is 1. The van der Waals surface area contributed by atoms with Crippen LogP contribution < -0.4 is 11.0 Å². The maximum absolute atomic E-state index is 12.5. The minimum absolute atomic E-state index is 0. The van der Waals surface area contributed by atoms with Crippen LogP contribution in [0.4, 0.5) is 0 Å². The summed E-state index contributed by atoms with van der Waals surface area (Å²) in [6, 6.07) is 8.47. The highest BCUT2D eigenvalue weighted by molar-refractivity contribution is 8.93. The quantitative estimate of drug-likeness (QED) is 0.502. The zero-order chi connectivity index (χ0) is 21.0. The summed E-state index contributed by atoms with van der Waals surface area (Å²) in [6.45, 7) is 4.46. The Balaban J connectivity index is 0.00000320. The second kappa shape index (κ2) is 10.4. The van der Waals surface area contributed by atoms with Crippen molar-refractivity contribution in [2.45, 2.75) is 33.0 Å². The van der Waals surface area contributed by atoms with E-state index < -0.39 is 0 Å². The first-order chi connectivity index (χ1) is 13.9. The molecule has 0 saturated carbocycles. The molecule has 0 saturated heterocycles. The van der Waals surface area contributed by atoms with E-state index in [-0.39, 0.29) is 35.1 Å². The van der Waals surface area contributed by atoms with Crippen LogP contribution >= 0.6 is 17.0 Å². The number of carbonyl (C=O) groups excluding carboxylic acids is 1. The number of likely N-dealkylation sites (N-methyl/N-ethyl adjacent to an activating group) is 1. The zero-order valence-corrected chi connectivity index (χ0v) is 19.7. The summed E-state index contributed by atoms with van der Waals surface area (Å²) >= 11 is 0. The van der Waals surface area contributed by atoms with Gasteiger partial charge in [-0.2, -0.15) is 5.10 Å². The summed E-state index contributed by atoms with van der Waals surface area (Å²) in [4.78, 5) is 32.4. The number of guanidine groups is 1. The summed E-state index contributed by atoms with van der Waals surface area (Å²) in [5.41, 5.74) is 2.30. The number of carbonyl (C=O) groups is 1. The lowest BCUT2D eigenvalue weighted by Gasteiger charge is -2.29. The molecule has 164 valence electrons. The number of aromatic nitrogens is 3. The van der Waals surface area contributed by atoms with Gasteiger partial charge in [0.05, 0.1) is 6.54 Å². The molecule has 30 heavy (non-hydrogen) atoms. The molecule has 1 aromatic carbocycles. The third kappa shape index (κ3) is 5.50. The Hall–Kier alpha value is -2.62. The average Bonchev–Trinajstić information content (AvgIpc) is 3.00. The van der Waals surface area contributed by atoms with Crippen LogP contribution in [-0.4, -0.2) is 70.2 Å². The standard InChI is InChI=1S/C20H29N7O2.BrH/c1-15-6-5-7-16(12-15)8-9-22-19(21-2)25-10-11-26-17(13-25)23-27(20(26)29)14-18(28)24(3)4;/h5-7,12H,8-11,13-14H2,1-4H3,(H,21,22);1H. The molecule has 1 amide bonds. The summed E-state index contributed by atoms with van der Waals surface area (Å²) < 4.78 is 2.88. The van der Waals surface area contributed by atoms with Crippen molar-refractivity contribution in [3.8, 4) is 0 Å². The van der Waals surface area contributed by atoms with Crippen LogP contribution in [0.1, 0.15) is 17.0 Å². The number of hydrogen-bond acceptors (Lipinski definition) is 4. The monoisotopic (exact) mass is 479 g/mol. The summed E-state index contributed by atoms with van der Waals surface area (Å²) in [5, 5.41) is 7.77. The van der Waals surface area contributed by atoms with Gasteiger partial charge in [0.2, 0.25) is 5.91 Å². The van der Waals surface area contributed by atoms with Crippen molar-refractivity contribution in [1.29, 1.82) is 0 Å². The highest BCUT2D eigenvalue weighted by Gasteiger charge is 2.24. The van der Waals surface area contributed by atoms with Crippen LogP contribution in [0.3, 0.4) is 0 Å². The number of benzene rings is 1. The summed E-state index contributed by atoms with van der Waals surface area (Å²) in [7, 11) is 5.08. The Kier molecular flexibility index (Phi) is 8.22. The van der Waals surface area contributed by atoms with E-state index in [4.69, 9.17) is 0 Å². The van der Waals surface area contributed by atoms with Gasteiger partial charge in [-0.3, -0.25) is 14.4 Å². The largest absolute Gasteiger partial charge is 0.356 e. The highest BCUT2D eigenvalue weighted by atomic mass is 79.9. The molecular formula is C20H30BrN7O2. The Morgan fingerprint density at radius 3 is 2.73 bits per heavy atom. The van der Waals surface area contributed by atoms with Crippen LogP contribution in [-0.2, 0) is 30.8 Å². The maximum atomic E-state index is 12.5. The van der Waals surface area contributed by atoms with Crippen LogP contribution in [0.25, 0.3) is 0 Å². The summed E-state index contributed by atoms with van der Waals surface area (Å²) in [5.74, 6) is 1.28. The van der Waals surface area contributed by atoms with Crippen molar-refractivity contribution in [2.24, 2.45) is 4.99 Å². The number of rotatable bonds is 5. The minimum Gasteiger partial charge on any atom is -0.356 e. The van der Waals surface area contributed by atoms with Gasteiger partial charge in [0.1, 0.15) is 6.54 Å². The molecule has 0 atom stereocenters. The topological polar surface area (TPSA) is 87.8 Å². The fraction of sp³-hybridized carbons (Fsp3) is 0.500. The fourth-order valence-electron chi connectivity index (χ4n) is 3.37. The van der Waals surface area contributed by atoms with Gasteiger partial charge in [-0.15, -0.1) is 17.0 Å². The predicted octanol–water partition coefficient (Wildman–Crippen LogP) is 0.653. The normalized spacial score (nSPS) is 13.5. The van der Waals surface area contributed by atoms with Crippen molar-refractivity contribution in [2.75, 3.05) is 34.2 Å². The molecule has 0 bridgehead atoms. The number of aryl methyl sites for hydroxylation is 1. The molecule has 0 radical (unpaired) electrons. The van der Waals surface area contributed by atoms with Gasteiger partial charge in [-0.05, 0) is 18.9 Å². The maximum Gasteiger partial charge on any atom is 0.346 e. The molecule has 0 fully saturated rings.